The number of aromatic amines is 1. The van der Waals surface area contributed by atoms with Crippen LogP contribution < -0.4 is 5.56 Å². The van der Waals surface area contributed by atoms with E-state index in [1.54, 1.807) is 0 Å². The first-order valence-electron chi connectivity index (χ1n) is 6.78. The fourth-order valence-corrected chi connectivity index (χ4v) is 4.11. The summed E-state index contributed by atoms with van der Waals surface area (Å²) in [5, 5.41) is 2.83. The number of hydrogen-bond donors (Lipinski definition) is 1. The summed E-state index contributed by atoms with van der Waals surface area (Å²) in [5.74, 6) is 0.142. The zero-order chi connectivity index (χ0) is 16.6. The second-order valence-electron chi connectivity index (χ2n) is 5.25. The van der Waals surface area contributed by atoms with Gasteiger partial charge in [0.15, 0.2) is 5.69 Å². The second-order valence-corrected chi connectivity index (χ2v) is 7.60. The minimum atomic E-state index is -4.71. The van der Waals surface area contributed by atoms with Gasteiger partial charge in [0.2, 0.25) is 0 Å². The molecule has 1 N–H and O–H groups in total. The lowest BCUT2D eigenvalue weighted by Gasteiger charge is -2.07. The molecule has 1 fully saturated rings. The Hall–Kier alpha value is -1.55. The van der Waals surface area contributed by atoms with Crippen LogP contribution in [0, 0.1) is 0 Å². The Bertz CT molecular complexity index is 796. The zero-order valence-corrected chi connectivity index (χ0v) is 13.4. The van der Waals surface area contributed by atoms with Gasteiger partial charge in [-0.1, -0.05) is 0 Å². The molecule has 2 aromatic rings. The standard InChI is InChI=1S/C13H12F3N3O2S2/c14-13(15,16)9-3-11(20)19-10(18-9)6-23(21)5-8-4-22-12(17-8)7-1-2-7/h3-4,7H,1-2,5-6H2,(H,18,19,20). The predicted molar refractivity (Wildman–Crippen MR) is 79.5 cm³/mol. The number of rotatable bonds is 5. The Morgan fingerprint density at radius 2 is 2.04 bits per heavy atom. The van der Waals surface area contributed by atoms with Gasteiger partial charge >= 0.3 is 6.18 Å². The summed E-state index contributed by atoms with van der Waals surface area (Å²) < 4.78 is 49.9. The van der Waals surface area contributed by atoms with Crippen LogP contribution in [-0.2, 0) is 28.5 Å². The lowest BCUT2D eigenvalue weighted by atomic mass is 10.4. The van der Waals surface area contributed by atoms with Gasteiger partial charge in [0.25, 0.3) is 5.56 Å². The number of nitrogens with zero attached hydrogens (tertiary/aromatic N) is 2. The molecule has 1 aliphatic rings. The number of nitrogens with one attached hydrogen (secondary N) is 1. The number of thiazole rings is 1. The van der Waals surface area contributed by atoms with Crippen LogP contribution in [-0.4, -0.2) is 19.2 Å². The van der Waals surface area contributed by atoms with E-state index in [0.717, 1.165) is 17.8 Å². The third-order valence-electron chi connectivity index (χ3n) is 3.18. The molecule has 2 aromatic heterocycles. The van der Waals surface area contributed by atoms with Gasteiger partial charge in [-0.3, -0.25) is 9.00 Å². The predicted octanol–water partition coefficient (Wildman–Crippen LogP) is 2.57. The SMILES string of the molecule is O=c1cc(C(F)(F)F)nc(CS(=O)Cc2csc(C3CC3)n2)[nH]1. The van der Waals surface area contributed by atoms with Crippen molar-refractivity contribution in [3.05, 3.63) is 44.0 Å². The number of aromatic nitrogens is 3. The molecule has 1 saturated carbocycles. The van der Waals surface area contributed by atoms with Crippen molar-refractivity contribution in [2.24, 2.45) is 0 Å². The Labute approximate surface area is 135 Å². The van der Waals surface area contributed by atoms with Crippen LogP contribution in [0.25, 0.3) is 0 Å². The molecule has 10 heteroatoms. The van der Waals surface area contributed by atoms with Crippen molar-refractivity contribution in [2.45, 2.75) is 36.4 Å². The summed E-state index contributed by atoms with van der Waals surface area (Å²) in [7, 11) is -1.50. The van der Waals surface area contributed by atoms with Crippen LogP contribution >= 0.6 is 11.3 Å². The molecule has 3 rings (SSSR count). The molecule has 23 heavy (non-hydrogen) atoms. The summed E-state index contributed by atoms with van der Waals surface area (Å²) >= 11 is 1.51. The molecule has 1 unspecified atom stereocenters. The molecule has 0 spiro atoms. The van der Waals surface area contributed by atoms with E-state index >= 15 is 0 Å². The van der Waals surface area contributed by atoms with Crippen LogP contribution in [0.5, 0.6) is 0 Å². The summed E-state index contributed by atoms with van der Waals surface area (Å²) in [5.41, 5.74) is -1.54. The van der Waals surface area contributed by atoms with E-state index in [4.69, 9.17) is 0 Å². The highest BCUT2D eigenvalue weighted by atomic mass is 32.2. The Kier molecular flexibility index (Phi) is 4.37. The first-order valence-corrected chi connectivity index (χ1v) is 9.15. The summed E-state index contributed by atoms with van der Waals surface area (Å²) in [4.78, 5) is 21.2. The van der Waals surface area contributed by atoms with Crippen molar-refractivity contribution in [3.8, 4) is 0 Å². The Balaban J connectivity index is 1.69. The molecule has 0 saturated heterocycles. The van der Waals surface area contributed by atoms with E-state index < -0.39 is 28.2 Å². The summed E-state index contributed by atoms with van der Waals surface area (Å²) in [6.07, 6.45) is -2.48. The average Bonchev–Trinajstić information content (AvgIpc) is 3.18. The van der Waals surface area contributed by atoms with E-state index in [1.807, 2.05) is 5.38 Å². The Morgan fingerprint density at radius 1 is 1.30 bits per heavy atom. The largest absolute Gasteiger partial charge is 0.433 e. The number of hydrogen-bond acceptors (Lipinski definition) is 5. The van der Waals surface area contributed by atoms with Gasteiger partial charge in [-0.2, -0.15) is 13.2 Å². The van der Waals surface area contributed by atoms with Crippen molar-refractivity contribution in [1.29, 1.82) is 0 Å². The van der Waals surface area contributed by atoms with E-state index in [-0.39, 0.29) is 17.3 Å². The normalized spacial score (nSPS) is 16.5. The molecule has 0 aliphatic heterocycles. The first-order chi connectivity index (χ1) is 10.8. The second kappa shape index (κ2) is 6.16. The first kappa shape index (κ1) is 16.3. The molecule has 0 radical (unpaired) electrons. The molecular formula is C13H12F3N3O2S2. The lowest BCUT2D eigenvalue weighted by molar-refractivity contribution is -0.141. The third kappa shape index (κ3) is 4.25. The summed E-state index contributed by atoms with van der Waals surface area (Å²) in [6.45, 7) is 0. The fraction of sp³-hybridized carbons (Fsp3) is 0.462. The fourth-order valence-electron chi connectivity index (χ4n) is 2.00. The van der Waals surface area contributed by atoms with E-state index in [0.29, 0.717) is 17.7 Å². The molecule has 0 amide bonds. The van der Waals surface area contributed by atoms with Gasteiger partial charge in [-0.25, -0.2) is 9.97 Å². The molecule has 1 aliphatic carbocycles. The maximum Gasteiger partial charge on any atom is 0.433 e. The van der Waals surface area contributed by atoms with Gasteiger partial charge in [0.05, 0.1) is 22.2 Å². The van der Waals surface area contributed by atoms with E-state index in [9.17, 15) is 22.2 Å². The van der Waals surface area contributed by atoms with Crippen LogP contribution in [0.15, 0.2) is 16.2 Å². The molecule has 124 valence electrons. The van der Waals surface area contributed by atoms with E-state index in [1.165, 1.54) is 11.3 Å². The maximum atomic E-state index is 12.6. The number of halogens is 3. The van der Waals surface area contributed by atoms with Gasteiger partial charge in [0, 0.05) is 28.2 Å². The highest BCUT2D eigenvalue weighted by Gasteiger charge is 2.33. The Morgan fingerprint density at radius 3 is 2.70 bits per heavy atom. The van der Waals surface area contributed by atoms with E-state index in [2.05, 4.69) is 15.0 Å². The highest BCUT2D eigenvalue weighted by Crippen LogP contribution is 2.41. The van der Waals surface area contributed by atoms with Crippen molar-refractivity contribution in [2.75, 3.05) is 0 Å². The van der Waals surface area contributed by atoms with Crippen molar-refractivity contribution in [1.82, 2.24) is 15.0 Å². The topological polar surface area (TPSA) is 75.7 Å². The molecule has 0 aromatic carbocycles. The van der Waals surface area contributed by atoms with Gasteiger partial charge < -0.3 is 4.98 Å². The van der Waals surface area contributed by atoms with Crippen molar-refractivity contribution >= 4 is 22.1 Å². The minimum absolute atomic E-state index is 0.128. The summed E-state index contributed by atoms with van der Waals surface area (Å²) in [6, 6.07) is 0.384. The maximum absolute atomic E-state index is 12.6. The highest BCUT2D eigenvalue weighted by molar-refractivity contribution is 7.83. The number of alkyl halides is 3. The van der Waals surface area contributed by atoms with Gasteiger partial charge in [-0.15, -0.1) is 11.3 Å². The monoisotopic (exact) mass is 363 g/mol. The average molecular weight is 363 g/mol. The van der Waals surface area contributed by atoms with Crippen LogP contribution in [0.3, 0.4) is 0 Å². The zero-order valence-electron chi connectivity index (χ0n) is 11.7. The minimum Gasteiger partial charge on any atom is -0.310 e. The molecule has 5 nitrogen and oxygen atoms in total. The third-order valence-corrected chi connectivity index (χ3v) is 5.45. The van der Waals surface area contributed by atoms with Gasteiger partial charge in [-0.05, 0) is 12.8 Å². The van der Waals surface area contributed by atoms with Crippen molar-refractivity contribution in [3.63, 3.8) is 0 Å². The van der Waals surface area contributed by atoms with Gasteiger partial charge in [0.1, 0.15) is 5.82 Å². The smallest absolute Gasteiger partial charge is 0.310 e. The molecule has 0 bridgehead atoms. The molecular weight excluding hydrogens is 351 g/mol. The molecule has 2 heterocycles. The van der Waals surface area contributed by atoms with Crippen molar-refractivity contribution < 1.29 is 17.4 Å². The molecule has 1 atom stereocenters. The lowest BCUT2D eigenvalue weighted by Crippen LogP contribution is -2.19. The van der Waals surface area contributed by atoms with Crippen LogP contribution in [0.4, 0.5) is 13.2 Å². The number of H-pyrrole nitrogens is 1. The van der Waals surface area contributed by atoms with Crippen LogP contribution in [0.2, 0.25) is 0 Å². The quantitative estimate of drug-likeness (QED) is 0.886. The van der Waals surface area contributed by atoms with Crippen LogP contribution in [0.1, 0.15) is 41.0 Å².